The number of primary amides is 1. The molecule has 2 aromatic rings. The van der Waals surface area contributed by atoms with Crippen LogP contribution in [-0.4, -0.2) is 9.50 Å². The summed E-state index contributed by atoms with van der Waals surface area (Å²) in [5.41, 5.74) is 6.59. The summed E-state index contributed by atoms with van der Waals surface area (Å²) in [7, 11) is 0. The molecular weight excluding hydrogens is 232 g/mol. The Morgan fingerprint density at radius 1 is 1.38 bits per heavy atom. The highest BCUT2D eigenvalue weighted by molar-refractivity contribution is 9.08. The minimum Gasteiger partial charge on any atom is -0.364 e. The summed E-state index contributed by atoms with van der Waals surface area (Å²) in [6.45, 7) is 0. The van der Waals surface area contributed by atoms with Crippen molar-refractivity contribution in [3.8, 4) is 0 Å². The molecule has 0 fully saturated rings. The van der Waals surface area contributed by atoms with Crippen LogP contribution in [0.4, 0.5) is 0 Å². The van der Waals surface area contributed by atoms with Gasteiger partial charge in [0, 0.05) is 5.39 Å². The molecule has 0 saturated heterocycles. The molecule has 0 saturated carbocycles. The van der Waals surface area contributed by atoms with Crippen molar-refractivity contribution in [2.75, 3.05) is 0 Å². The summed E-state index contributed by atoms with van der Waals surface area (Å²) in [6, 6.07) is 9.42. The first-order valence-electron chi connectivity index (χ1n) is 3.76. The molecule has 0 aliphatic heterocycles. The van der Waals surface area contributed by atoms with Crippen molar-refractivity contribution < 1.29 is 4.79 Å². The lowest BCUT2D eigenvalue weighted by Crippen LogP contribution is -2.13. The van der Waals surface area contributed by atoms with Gasteiger partial charge in [0.25, 0.3) is 5.91 Å². The number of amides is 1. The van der Waals surface area contributed by atoms with E-state index in [-0.39, 0.29) is 0 Å². The number of aromatic nitrogens is 1. The second kappa shape index (κ2) is 2.88. The fourth-order valence-electron chi connectivity index (χ4n) is 1.29. The van der Waals surface area contributed by atoms with E-state index < -0.39 is 5.91 Å². The fraction of sp³-hybridized carbons (Fsp3) is 0. The Labute approximate surface area is 83.5 Å². The van der Waals surface area contributed by atoms with Gasteiger partial charge in [-0.3, -0.25) is 8.39 Å². The van der Waals surface area contributed by atoms with E-state index >= 15 is 0 Å². The van der Waals surface area contributed by atoms with Crippen molar-refractivity contribution in [2.45, 2.75) is 0 Å². The van der Waals surface area contributed by atoms with Gasteiger partial charge in [0.05, 0.1) is 21.7 Å². The summed E-state index contributed by atoms with van der Waals surface area (Å²) in [5.74, 6) is -0.437. The smallest absolute Gasteiger partial charge is 0.266 e. The van der Waals surface area contributed by atoms with E-state index in [4.69, 9.17) is 5.73 Å². The molecule has 13 heavy (non-hydrogen) atoms. The number of para-hydroxylation sites is 1. The molecule has 0 unspecified atom stereocenters. The van der Waals surface area contributed by atoms with Crippen molar-refractivity contribution in [1.82, 2.24) is 3.59 Å². The molecule has 4 heteroatoms. The van der Waals surface area contributed by atoms with Gasteiger partial charge in [-0.1, -0.05) is 18.2 Å². The summed E-state index contributed by atoms with van der Waals surface area (Å²) in [6.07, 6.45) is 0. The molecular formula is C9H7BrN2O. The number of carbonyl (C=O) groups excluding carboxylic acids is 1. The highest BCUT2D eigenvalue weighted by Crippen LogP contribution is 2.21. The van der Waals surface area contributed by atoms with Gasteiger partial charge in [-0.25, -0.2) is 0 Å². The largest absolute Gasteiger partial charge is 0.364 e. The molecule has 2 N–H and O–H groups in total. The Hall–Kier alpha value is -1.29. The molecule has 1 amide bonds. The Kier molecular flexibility index (Phi) is 1.84. The molecule has 1 aromatic carbocycles. The van der Waals surface area contributed by atoms with Gasteiger partial charge in [0.1, 0.15) is 5.69 Å². The van der Waals surface area contributed by atoms with Gasteiger partial charge < -0.3 is 5.73 Å². The minimum atomic E-state index is -0.437. The Bertz CT molecular complexity index is 475. The number of rotatable bonds is 1. The molecule has 1 aromatic heterocycles. The molecule has 2 rings (SSSR count). The van der Waals surface area contributed by atoms with Crippen molar-refractivity contribution in [1.29, 1.82) is 0 Å². The van der Waals surface area contributed by atoms with Gasteiger partial charge in [-0.2, -0.15) is 0 Å². The quantitative estimate of drug-likeness (QED) is 0.811. The molecule has 0 bridgehead atoms. The van der Waals surface area contributed by atoms with Gasteiger partial charge in [-0.05, 0) is 12.1 Å². The van der Waals surface area contributed by atoms with Crippen LogP contribution < -0.4 is 5.73 Å². The van der Waals surface area contributed by atoms with Crippen LogP contribution in [0.5, 0.6) is 0 Å². The molecule has 66 valence electrons. The number of hydrogen-bond donors (Lipinski definition) is 1. The van der Waals surface area contributed by atoms with Crippen LogP contribution in [0.2, 0.25) is 0 Å². The minimum absolute atomic E-state index is 0.437. The highest BCUT2D eigenvalue weighted by atomic mass is 79.9. The molecule has 1 heterocycles. The summed E-state index contributed by atoms with van der Waals surface area (Å²) < 4.78 is 1.62. The van der Waals surface area contributed by atoms with Gasteiger partial charge in [0.15, 0.2) is 0 Å². The topological polar surface area (TPSA) is 48.0 Å². The Balaban J connectivity index is 2.81. The third kappa shape index (κ3) is 1.23. The predicted octanol–water partition coefficient (Wildman–Crippen LogP) is 1.90. The number of fused-ring (bicyclic) bond motifs is 1. The lowest BCUT2D eigenvalue weighted by Gasteiger charge is -1.95. The van der Waals surface area contributed by atoms with E-state index in [0.29, 0.717) is 5.69 Å². The van der Waals surface area contributed by atoms with Crippen molar-refractivity contribution >= 4 is 33.0 Å². The molecule has 0 aliphatic rings. The monoisotopic (exact) mass is 238 g/mol. The highest BCUT2D eigenvalue weighted by Gasteiger charge is 2.09. The van der Waals surface area contributed by atoms with Crippen LogP contribution in [0.15, 0.2) is 30.3 Å². The Morgan fingerprint density at radius 3 is 2.69 bits per heavy atom. The lowest BCUT2D eigenvalue weighted by atomic mass is 10.2. The number of nitrogens with two attached hydrogens (primary N) is 1. The summed E-state index contributed by atoms with van der Waals surface area (Å²) >= 11 is 3.27. The SMILES string of the molecule is NC(=O)c1cc2ccccc2n1Br. The normalized spacial score (nSPS) is 10.5. The molecule has 0 spiro atoms. The van der Waals surface area contributed by atoms with E-state index in [1.54, 1.807) is 9.66 Å². The standard InChI is InChI=1S/C9H7BrN2O/c10-12-7-4-2-1-3-6(7)5-8(12)9(11)13/h1-5H,(H2,11,13). The van der Waals surface area contributed by atoms with E-state index in [0.717, 1.165) is 10.9 Å². The lowest BCUT2D eigenvalue weighted by molar-refractivity contribution is 0.0995. The average molecular weight is 239 g/mol. The number of halogens is 1. The molecule has 0 atom stereocenters. The third-order valence-corrected chi connectivity index (χ3v) is 2.67. The summed E-state index contributed by atoms with van der Waals surface area (Å²) in [4.78, 5) is 11.0. The first-order valence-corrected chi connectivity index (χ1v) is 4.47. The number of hydrogen-bond acceptors (Lipinski definition) is 1. The predicted molar refractivity (Wildman–Crippen MR) is 54.8 cm³/mol. The molecule has 3 nitrogen and oxygen atoms in total. The average Bonchev–Trinajstić information content (AvgIpc) is 2.45. The van der Waals surface area contributed by atoms with E-state index in [9.17, 15) is 4.79 Å². The first kappa shape index (κ1) is 8.31. The molecule has 0 aliphatic carbocycles. The van der Waals surface area contributed by atoms with Crippen LogP contribution in [-0.2, 0) is 0 Å². The Morgan fingerprint density at radius 2 is 2.08 bits per heavy atom. The van der Waals surface area contributed by atoms with E-state index in [2.05, 4.69) is 16.1 Å². The maximum atomic E-state index is 11.0. The number of carbonyl (C=O) groups is 1. The van der Waals surface area contributed by atoms with Crippen LogP contribution in [0.25, 0.3) is 10.9 Å². The second-order valence-corrected chi connectivity index (χ2v) is 3.44. The van der Waals surface area contributed by atoms with Gasteiger partial charge in [0.2, 0.25) is 0 Å². The first-order chi connectivity index (χ1) is 6.20. The molecule has 0 radical (unpaired) electrons. The van der Waals surface area contributed by atoms with Crippen molar-refractivity contribution in [3.05, 3.63) is 36.0 Å². The van der Waals surface area contributed by atoms with Crippen molar-refractivity contribution in [3.63, 3.8) is 0 Å². The number of nitrogens with zero attached hydrogens (tertiary/aromatic N) is 1. The maximum absolute atomic E-state index is 11.0. The summed E-state index contributed by atoms with van der Waals surface area (Å²) in [5, 5.41) is 0.994. The van der Waals surface area contributed by atoms with Crippen molar-refractivity contribution in [2.24, 2.45) is 5.73 Å². The zero-order chi connectivity index (χ0) is 9.42. The van der Waals surface area contributed by atoms with Crippen LogP contribution in [0.1, 0.15) is 10.5 Å². The van der Waals surface area contributed by atoms with E-state index in [1.807, 2.05) is 24.3 Å². The zero-order valence-electron chi connectivity index (χ0n) is 6.70. The van der Waals surface area contributed by atoms with Crippen LogP contribution >= 0.6 is 16.1 Å². The van der Waals surface area contributed by atoms with Crippen LogP contribution in [0, 0.1) is 0 Å². The third-order valence-electron chi connectivity index (χ3n) is 1.90. The zero-order valence-corrected chi connectivity index (χ0v) is 8.28. The second-order valence-electron chi connectivity index (χ2n) is 2.73. The number of benzene rings is 1. The van der Waals surface area contributed by atoms with Gasteiger partial charge >= 0.3 is 0 Å². The van der Waals surface area contributed by atoms with E-state index in [1.165, 1.54) is 0 Å². The fourth-order valence-corrected chi connectivity index (χ4v) is 1.89. The van der Waals surface area contributed by atoms with Gasteiger partial charge in [-0.15, -0.1) is 0 Å². The maximum Gasteiger partial charge on any atom is 0.266 e. The van der Waals surface area contributed by atoms with Crippen LogP contribution in [0.3, 0.4) is 0 Å².